The average molecular weight is 311 g/mol. The third-order valence-electron chi connectivity index (χ3n) is 3.80. The predicted octanol–water partition coefficient (Wildman–Crippen LogP) is 3.19. The highest BCUT2D eigenvalue weighted by molar-refractivity contribution is 6.30. The maximum absolute atomic E-state index is 12.5. The summed E-state index contributed by atoms with van der Waals surface area (Å²) in [6, 6.07) is 3.46. The van der Waals surface area contributed by atoms with E-state index in [1.54, 1.807) is 18.3 Å². The van der Waals surface area contributed by atoms with Crippen molar-refractivity contribution >= 4 is 17.4 Å². The van der Waals surface area contributed by atoms with Gasteiger partial charge in [0.25, 0.3) is 0 Å². The van der Waals surface area contributed by atoms with Crippen LogP contribution < -0.4 is 4.74 Å². The van der Waals surface area contributed by atoms with E-state index in [1.807, 2.05) is 20.8 Å². The van der Waals surface area contributed by atoms with Gasteiger partial charge in [0.2, 0.25) is 5.88 Å². The maximum Gasteiger partial charge on any atom is 0.213 e. The lowest BCUT2D eigenvalue weighted by Crippen LogP contribution is -2.41. The van der Waals surface area contributed by atoms with Crippen LogP contribution in [0.4, 0.5) is 0 Å². The van der Waals surface area contributed by atoms with Crippen LogP contribution in [0.5, 0.6) is 5.88 Å². The largest absolute Gasteiger partial charge is 0.473 e. The number of hydrogen-bond donors (Lipinski definition) is 0. The fraction of sp³-hybridized carbons (Fsp3) is 0.625. The lowest BCUT2D eigenvalue weighted by atomic mass is 9.85. The lowest BCUT2D eigenvalue weighted by molar-refractivity contribution is -0.130. The zero-order valence-corrected chi connectivity index (χ0v) is 13.9. The van der Waals surface area contributed by atoms with Crippen LogP contribution in [0.3, 0.4) is 0 Å². The molecule has 5 heteroatoms. The van der Waals surface area contributed by atoms with Crippen molar-refractivity contribution in [1.82, 2.24) is 9.88 Å². The van der Waals surface area contributed by atoms with E-state index in [9.17, 15) is 4.79 Å². The number of ketones is 1. The highest BCUT2D eigenvalue weighted by Gasteiger charge is 2.41. The Kier molecular flexibility index (Phi) is 4.89. The number of nitrogens with zero attached hydrogens (tertiary/aromatic N) is 2. The minimum atomic E-state index is -0.328. The molecule has 0 saturated carbocycles. The standard InChI is InChI=1S/C16H23ClN2O2/c1-5-19-10-12(8-13(19)15(20)16(2,3)4)21-14-7-6-11(17)9-18-14/h6-7,9,12-13H,5,8,10H2,1-4H3. The van der Waals surface area contributed by atoms with Gasteiger partial charge in [-0.05, 0) is 12.6 Å². The van der Waals surface area contributed by atoms with E-state index in [0.717, 1.165) is 13.1 Å². The van der Waals surface area contributed by atoms with Crippen LogP contribution in [0.1, 0.15) is 34.1 Å². The van der Waals surface area contributed by atoms with Crippen LogP contribution in [-0.4, -0.2) is 40.9 Å². The van der Waals surface area contributed by atoms with E-state index in [0.29, 0.717) is 17.3 Å². The molecule has 2 atom stereocenters. The first kappa shape index (κ1) is 16.2. The second kappa shape index (κ2) is 6.32. The van der Waals surface area contributed by atoms with E-state index < -0.39 is 0 Å². The SMILES string of the molecule is CCN1CC(Oc2ccc(Cl)cn2)CC1C(=O)C(C)(C)C. The molecule has 0 radical (unpaired) electrons. The number of likely N-dealkylation sites (N-methyl/N-ethyl adjacent to an activating group) is 1. The number of Topliss-reactive ketones (excluding diaryl/α,β-unsaturated/α-hetero) is 1. The summed E-state index contributed by atoms with van der Waals surface area (Å²) in [5.41, 5.74) is -0.328. The zero-order valence-electron chi connectivity index (χ0n) is 13.1. The van der Waals surface area contributed by atoms with Gasteiger partial charge in [0, 0.05) is 30.6 Å². The number of ether oxygens (including phenoxy) is 1. The Hall–Kier alpha value is -1.13. The number of carbonyl (C=O) groups excluding carboxylic acids is 1. The molecule has 1 saturated heterocycles. The molecule has 0 N–H and O–H groups in total. The molecule has 1 aromatic heterocycles. The summed E-state index contributed by atoms with van der Waals surface area (Å²) in [5.74, 6) is 0.837. The van der Waals surface area contributed by atoms with E-state index in [-0.39, 0.29) is 23.3 Å². The Morgan fingerprint density at radius 2 is 2.19 bits per heavy atom. The van der Waals surface area contributed by atoms with Crippen LogP contribution in [0.25, 0.3) is 0 Å². The van der Waals surface area contributed by atoms with Crippen molar-refractivity contribution in [2.75, 3.05) is 13.1 Å². The Labute approximate surface area is 131 Å². The topological polar surface area (TPSA) is 42.4 Å². The number of likely N-dealkylation sites (tertiary alicyclic amines) is 1. The number of rotatable bonds is 4. The number of pyridine rings is 1. The molecular weight excluding hydrogens is 288 g/mol. The van der Waals surface area contributed by atoms with Crippen molar-refractivity contribution in [3.63, 3.8) is 0 Å². The van der Waals surface area contributed by atoms with Crippen molar-refractivity contribution in [2.24, 2.45) is 5.41 Å². The summed E-state index contributed by atoms with van der Waals surface area (Å²) in [6.45, 7) is 9.59. The molecule has 116 valence electrons. The highest BCUT2D eigenvalue weighted by Crippen LogP contribution is 2.28. The summed E-state index contributed by atoms with van der Waals surface area (Å²) >= 11 is 5.82. The van der Waals surface area contributed by atoms with Gasteiger partial charge in [-0.1, -0.05) is 39.3 Å². The Balaban J connectivity index is 2.04. The molecular formula is C16H23ClN2O2. The fourth-order valence-corrected chi connectivity index (χ4v) is 2.78. The molecule has 0 aliphatic carbocycles. The summed E-state index contributed by atoms with van der Waals surface area (Å²) < 4.78 is 5.89. The Morgan fingerprint density at radius 3 is 2.71 bits per heavy atom. The molecule has 1 aromatic rings. The van der Waals surface area contributed by atoms with E-state index in [1.165, 1.54) is 0 Å². The Morgan fingerprint density at radius 1 is 1.48 bits per heavy atom. The predicted molar refractivity (Wildman–Crippen MR) is 83.8 cm³/mol. The summed E-state index contributed by atoms with van der Waals surface area (Å²) in [4.78, 5) is 18.9. The van der Waals surface area contributed by atoms with Gasteiger partial charge in [-0.25, -0.2) is 4.98 Å². The first-order chi connectivity index (χ1) is 9.81. The molecule has 2 rings (SSSR count). The van der Waals surface area contributed by atoms with E-state index in [2.05, 4.69) is 16.8 Å². The van der Waals surface area contributed by atoms with Gasteiger partial charge in [-0.15, -0.1) is 0 Å². The van der Waals surface area contributed by atoms with Gasteiger partial charge in [0.1, 0.15) is 6.10 Å². The molecule has 2 unspecified atom stereocenters. The van der Waals surface area contributed by atoms with Gasteiger partial charge >= 0.3 is 0 Å². The van der Waals surface area contributed by atoms with Crippen LogP contribution in [0, 0.1) is 5.41 Å². The van der Waals surface area contributed by atoms with Crippen molar-refractivity contribution in [1.29, 1.82) is 0 Å². The summed E-state index contributed by atoms with van der Waals surface area (Å²) in [5, 5.41) is 0.588. The number of aromatic nitrogens is 1. The van der Waals surface area contributed by atoms with Crippen LogP contribution in [0.15, 0.2) is 18.3 Å². The van der Waals surface area contributed by atoms with Gasteiger partial charge in [0.05, 0.1) is 11.1 Å². The van der Waals surface area contributed by atoms with Crippen LogP contribution in [-0.2, 0) is 4.79 Å². The molecule has 0 bridgehead atoms. The third kappa shape index (κ3) is 3.95. The molecule has 21 heavy (non-hydrogen) atoms. The van der Waals surface area contributed by atoms with Crippen molar-refractivity contribution in [3.8, 4) is 5.88 Å². The van der Waals surface area contributed by atoms with Gasteiger partial charge in [0.15, 0.2) is 5.78 Å². The molecule has 1 aliphatic rings. The van der Waals surface area contributed by atoms with Crippen molar-refractivity contribution in [3.05, 3.63) is 23.4 Å². The third-order valence-corrected chi connectivity index (χ3v) is 4.02. The lowest BCUT2D eigenvalue weighted by Gasteiger charge is -2.27. The molecule has 1 fully saturated rings. The quantitative estimate of drug-likeness (QED) is 0.856. The number of hydrogen-bond acceptors (Lipinski definition) is 4. The second-order valence-corrected chi connectivity index (χ2v) is 6.94. The smallest absolute Gasteiger partial charge is 0.213 e. The number of halogens is 1. The summed E-state index contributed by atoms with van der Waals surface area (Å²) in [7, 11) is 0. The van der Waals surface area contributed by atoms with Crippen LogP contribution in [0.2, 0.25) is 5.02 Å². The normalized spacial score (nSPS) is 23.3. The monoisotopic (exact) mass is 310 g/mol. The molecule has 0 spiro atoms. The molecule has 2 heterocycles. The van der Waals surface area contributed by atoms with Gasteiger partial charge in [-0.2, -0.15) is 0 Å². The molecule has 4 nitrogen and oxygen atoms in total. The number of carbonyl (C=O) groups is 1. The Bertz CT molecular complexity index is 496. The minimum Gasteiger partial charge on any atom is -0.473 e. The zero-order chi connectivity index (χ0) is 15.6. The molecule has 1 aliphatic heterocycles. The van der Waals surface area contributed by atoms with E-state index in [4.69, 9.17) is 16.3 Å². The first-order valence-corrected chi connectivity index (χ1v) is 7.75. The summed E-state index contributed by atoms with van der Waals surface area (Å²) in [6.07, 6.45) is 2.28. The molecule has 0 amide bonds. The van der Waals surface area contributed by atoms with E-state index >= 15 is 0 Å². The average Bonchev–Trinajstić information content (AvgIpc) is 2.82. The van der Waals surface area contributed by atoms with Gasteiger partial charge in [-0.3, -0.25) is 9.69 Å². The molecule has 0 aromatic carbocycles. The first-order valence-electron chi connectivity index (χ1n) is 7.38. The minimum absolute atomic E-state index is 0.00470. The fourth-order valence-electron chi connectivity index (χ4n) is 2.67. The second-order valence-electron chi connectivity index (χ2n) is 6.51. The highest BCUT2D eigenvalue weighted by atomic mass is 35.5. The maximum atomic E-state index is 12.5. The van der Waals surface area contributed by atoms with Crippen molar-refractivity contribution in [2.45, 2.75) is 46.3 Å². The van der Waals surface area contributed by atoms with Crippen LogP contribution >= 0.6 is 11.6 Å². The van der Waals surface area contributed by atoms with Crippen molar-refractivity contribution < 1.29 is 9.53 Å². The van der Waals surface area contributed by atoms with Gasteiger partial charge < -0.3 is 4.74 Å².